The van der Waals surface area contributed by atoms with Gasteiger partial charge in [0.2, 0.25) is 0 Å². The van der Waals surface area contributed by atoms with E-state index in [9.17, 15) is 9.59 Å². The molecule has 4 aromatic rings. The summed E-state index contributed by atoms with van der Waals surface area (Å²) in [4.78, 5) is 41.7. The Kier molecular flexibility index (Phi) is 6.93. The van der Waals surface area contributed by atoms with E-state index in [4.69, 9.17) is 15.5 Å². The molecular formula is C30H33N7O3S. The van der Waals surface area contributed by atoms with Gasteiger partial charge >= 0.3 is 0 Å². The molecule has 2 amide bonds. The van der Waals surface area contributed by atoms with E-state index in [0.717, 1.165) is 69.7 Å². The van der Waals surface area contributed by atoms with Crippen molar-refractivity contribution >= 4 is 39.6 Å². The van der Waals surface area contributed by atoms with E-state index in [1.165, 1.54) is 4.88 Å². The maximum Gasteiger partial charge on any atom is 0.274 e. The number of amides is 2. The Hall–Kier alpha value is -3.80. The van der Waals surface area contributed by atoms with Gasteiger partial charge < -0.3 is 19.8 Å². The van der Waals surface area contributed by atoms with E-state index in [1.807, 2.05) is 29.2 Å². The predicted octanol–water partition coefficient (Wildman–Crippen LogP) is 3.79. The average Bonchev–Trinajstić information content (AvgIpc) is 3.75. The fraction of sp³-hybridized carbons (Fsp3) is 0.400. The van der Waals surface area contributed by atoms with Gasteiger partial charge in [-0.1, -0.05) is 12.1 Å². The van der Waals surface area contributed by atoms with Crippen molar-refractivity contribution in [1.82, 2.24) is 24.2 Å². The Morgan fingerprint density at radius 1 is 1.07 bits per heavy atom. The molecule has 1 aliphatic carbocycles. The van der Waals surface area contributed by atoms with Crippen molar-refractivity contribution in [2.24, 2.45) is 0 Å². The number of pyridine rings is 1. The summed E-state index contributed by atoms with van der Waals surface area (Å²) in [6, 6.07) is 11.5. The number of fused-ring (bicyclic) bond motifs is 2. The van der Waals surface area contributed by atoms with Crippen LogP contribution in [0.5, 0.6) is 0 Å². The zero-order valence-corrected chi connectivity index (χ0v) is 23.6. The van der Waals surface area contributed by atoms with Gasteiger partial charge in [-0.3, -0.25) is 19.8 Å². The highest BCUT2D eigenvalue weighted by atomic mass is 32.1. The van der Waals surface area contributed by atoms with Gasteiger partial charge in [-0.05, 0) is 55.9 Å². The maximum atomic E-state index is 13.5. The first-order valence-electron chi connectivity index (χ1n) is 14.3. The zero-order chi connectivity index (χ0) is 27.9. The minimum absolute atomic E-state index is 0.116. The average molecular weight is 572 g/mol. The number of aromatic nitrogens is 3. The van der Waals surface area contributed by atoms with Crippen LogP contribution in [-0.2, 0) is 17.6 Å². The van der Waals surface area contributed by atoms with E-state index in [-0.39, 0.29) is 17.9 Å². The molecule has 2 saturated heterocycles. The number of nitrogens with one attached hydrogen (secondary N) is 1. The van der Waals surface area contributed by atoms with E-state index in [1.54, 1.807) is 40.3 Å². The van der Waals surface area contributed by atoms with Crippen molar-refractivity contribution in [1.29, 1.82) is 0 Å². The number of nitrogens with two attached hydrogens (primary N) is 1. The van der Waals surface area contributed by atoms with Crippen LogP contribution in [0, 0.1) is 0 Å². The SMILES string of the molecule is Nc1ccn2cc(C(=O)N3CCC[C@@H]3c3cccc(C(=O)Nc4nc5c(s4)C[C@@H](N4CCOCC4)CC5)c3)nc2c1. The number of nitrogens with zero attached hydrogens (tertiary/aromatic N) is 5. The van der Waals surface area contributed by atoms with Crippen LogP contribution in [0.2, 0.25) is 0 Å². The molecule has 10 nitrogen and oxygen atoms in total. The number of anilines is 2. The highest BCUT2D eigenvalue weighted by Gasteiger charge is 2.32. The van der Waals surface area contributed by atoms with Gasteiger partial charge in [-0.25, -0.2) is 9.97 Å². The summed E-state index contributed by atoms with van der Waals surface area (Å²) in [5.74, 6) is -0.301. The van der Waals surface area contributed by atoms with Gasteiger partial charge in [-0.2, -0.15) is 0 Å². The lowest BCUT2D eigenvalue weighted by atomic mass is 9.96. The van der Waals surface area contributed by atoms with Crippen LogP contribution in [0.1, 0.15) is 62.3 Å². The third-order valence-corrected chi connectivity index (χ3v) is 9.48. The lowest BCUT2D eigenvalue weighted by Crippen LogP contribution is -2.45. The molecule has 5 heterocycles. The Labute approximate surface area is 242 Å². The second kappa shape index (κ2) is 10.9. The topological polar surface area (TPSA) is 118 Å². The number of imidazole rings is 1. The Morgan fingerprint density at radius 3 is 2.83 bits per heavy atom. The number of thiazole rings is 1. The lowest BCUT2D eigenvalue weighted by molar-refractivity contribution is 0.0139. The first kappa shape index (κ1) is 26.1. The third kappa shape index (κ3) is 5.20. The molecule has 7 rings (SSSR count). The Bertz CT molecular complexity index is 1610. The van der Waals surface area contributed by atoms with Crippen LogP contribution in [0.15, 0.2) is 48.8 Å². The molecule has 0 bridgehead atoms. The van der Waals surface area contributed by atoms with Gasteiger partial charge in [0.15, 0.2) is 5.13 Å². The minimum Gasteiger partial charge on any atom is -0.399 e. The number of hydrogen-bond acceptors (Lipinski definition) is 8. The quantitative estimate of drug-likeness (QED) is 0.374. The minimum atomic E-state index is -0.184. The molecule has 3 aromatic heterocycles. The van der Waals surface area contributed by atoms with E-state index in [2.05, 4.69) is 15.2 Å². The third-order valence-electron chi connectivity index (χ3n) is 8.45. The molecule has 41 heavy (non-hydrogen) atoms. The Morgan fingerprint density at radius 2 is 1.95 bits per heavy atom. The van der Waals surface area contributed by atoms with Crippen molar-refractivity contribution < 1.29 is 14.3 Å². The number of benzene rings is 1. The smallest absolute Gasteiger partial charge is 0.274 e. The molecule has 2 atom stereocenters. The monoisotopic (exact) mass is 571 g/mol. The summed E-state index contributed by atoms with van der Waals surface area (Å²) in [6.07, 6.45) is 8.27. The molecule has 2 fully saturated rings. The molecule has 1 aromatic carbocycles. The number of ether oxygens (including phenoxy) is 1. The highest BCUT2D eigenvalue weighted by molar-refractivity contribution is 7.15. The van der Waals surface area contributed by atoms with Gasteiger partial charge in [0.1, 0.15) is 11.3 Å². The number of aryl methyl sites for hydroxylation is 1. The van der Waals surface area contributed by atoms with Gasteiger partial charge in [0.05, 0.1) is 24.9 Å². The van der Waals surface area contributed by atoms with Gasteiger partial charge in [0.25, 0.3) is 11.8 Å². The summed E-state index contributed by atoms with van der Waals surface area (Å²) < 4.78 is 7.32. The number of carbonyl (C=O) groups excluding carboxylic acids is 2. The molecule has 3 N–H and O–H groups in total. The fourth-order valence-electron chi connectivity index (χ4n) is 6.33. The van der Waals surface area contributed by atoms with Crippen molar-refractivity contribution in [3.05, 3.63) is 76.2 Å². The lowest BCUT2D eigenvalue weighted by Gasteiger charge is -2.36. The van der Waals surface area contributed by atoms with E-state index in [0.29, 0.717) is 40.3 Å². The predicted molar refractivity (Wildman–Crippen MR) is 157 cm³/mol. The number of rotatable bonds is 5. The fourth-order valence-corrected chi connectivity index (χ4v) is 7.40. The number of likely N-dealkylation sites (tertiary alicyclic amines) is 1. The van der Waals surface area contributed by atoms with Crippen molar-refractivity contribution in [2.75, 3.05) is 43.9 Å². The molecular weight excluding hydrogens is 538 g/mol. The second-order valence-corrected chi connectivity index (χ2v) is 12.1. The standard InChI is InChI=1S/C30H33N7O3S/c31-21-8-10-36-18-24(32-27(36)16-21)29(39)37-9-2-5-25(37)19-3-1-4-20(15-19)28(38)34-30-33-23-7-6-22(17-26(23)41-30)35-11-13-40-14-12-35/h1,3-4,8,10,15-16,18,22,25H,2,5-7,9,11-14,17,31H2,(H,33,34,38)/t22-,25+/m0/s1. The summed E-state index contributed by atoms with van der Waals surface area (Å²) in [5, 5.41) is 3.69. The van der Waals surface area contributed by atoms with Gasteiger partial charge in [0, 0.05) is 60.3 Å². The molecule has 2 aliphatic heterocycles. The maximum absolute atomic E-state index is 13.5. The Balaban J connectivity index is 1.05. The van der Waals surface area contributed by atoms with Crippen LogP contribution in [0.25, 0.3) is 5.65 Å². The van der Waals surface area contributed by atoms with Crippen LogP contribution in [0.3, 0.4) is 0 Å². The molecule has 11 heteroatoms. The highest BCUT2D eigenvalue weighted by Crippen LogP contribution is 2.35. The second-order valence-electron chi connectivity index (χ2n) is 11.0. The first-order chi connectivity index (χ1) is 20.0. The van der Waals surface area contributed by atoms with E-state index < -0.39 is 0 Å². The largest absolute Gasteiger partial charge is 0.399 e. The molecule has 0 radical (unpaired) electrons. The van der Waals surface area contributed by atoms with Crippen molar-refractivity contribution in [2.45, 2.75) is 44.2 Å². The first-order valence-corrected chi connectivity index (χ1v) is 15.1. The molecule has 3 aliphatic rings. The van der Waals surface area contributed by atoms with Crippen LogP contribution in [0.4, 0.5) is 10.8 Å². The molecule has 0 spiro atoms. The molecule has 212 valence electrons. The number of carbonyl (C=O) groups is 2. The van der Waals surface area contributed by atoms with Crippen LogP contribution < -0.4 is 11.1 Å². The van der Waals surface area contributed by atoms with Crippen molar-refractivity contribution in [3.8, 4) is 0 Å². The zero-order valence-electron chi connectivity index (χ0n) is 22.8. The number of morpholine rings is 1. The number of hydrogen-bond donors (Lipinski definition) is 2. The number of nitrogen functional groups attached to an aromatic ring is 1. The van der Waals surface area contributed by atoms with Crippen molar-refractivity contribution in [3.63, 3.8) is 0 Å². The van der Waals surface area contributed by atoms with Gasteiger partial charge in [-0.15, -0.1) is 11.3 Å². The normalized spacial score (nSPS) is 21.2. The summed E-state index contributed by atoms with van der Waals surface area (Å²) in [5.41, 5.74) is 10.1. The molecule has 0 saturated carbocycles. The van der Waals surface area contributed by atoms with Crippen LogP contribution >= 0.6 is 11.3 Å². The summed E-state index contributed by atoms with van der Waals surface area (Å²) in [6.45, 7) is 4.21. The van der Waals surface area contributed by atoms with Crippen LogP contribution in [-0.4, -0.2) is 74.9 Å². The van der Waals surface area contributed by atoms with E-state index >= 15 is 0 Å². The molecule has 0 unspecified atom stereocenters. The summed E-state index contributed by atoms with van der Waals surface area (Å²) >= 11 is 1.59. The summed E-state index contributed by atoms with van der Waals surface area (Å²) in [7, 11) is 0.